The molecule has 0 aromatic carbocycles. The third-order valence-corrected chi connectivity index (χ3v) is 5.20. The van der Waals surface area contributed by atoms with Crippen LogP contribution in [-0.4, -0.2) is 82.4 Å². The number of thioether (sulfide) groups is 1. The van der Waals surface area contributed by atoms with Crippen LogP contribution < -0.4 is 5.32 Å². The van der Waals surface area contributed by atoms with Gasteiger partial charge < -0.3 is 29.9 Å². The largest absolute Gasteiger partial charge is 0.447 e. The van der Waals surface area contributed by atoms with E-state index >= 15 is 0 Å². The summed E-state index contributed by atoms with van der Waals surface area (Å²) in [6.45, 7) is 7.46. The Morgan fingerprint density at radius 3 is 2.67 bits per heavy atom. The number of carbonyl (C=O) groups excluding carboxylic acids is 1. The van der Waals surface area contributed by atoms with E-state index in [1.807, 2.05) is 20.8 Å². The van der Waals surface area contributed by atoms with Gasteiger partial charge in [0, 0.05) is 19.6 Å². The van der Waals surface area contributed by atoms with E-state index in [9.17, 15) is 15.0 Å². The molecule has 2 aliphatic heterocycles. The van der Waals surface area contributed by atoms with Crippen LogP contribution in [0.5, 0.6) is 0 Å². The van der Waals surface area contributed by atoms with Crippen LogP contribution in [0.25, 0.3) is 0 Å². The van der Waals surface area contributed by atoms with Crippen molar-refractivity contribution in [3.63, 3.8) is 0 Å². The van der Waals surface area contributed by atoms with E-state index in [2.05, 4.69) is 10.3 Å². The summed E-state index contributed by atoms with van der Waals surface area (Å²) < 4.78 is 11.0. The molecule has 2 heterocycles. The van der Waals surface area contributed by atoms with Gasteiger partial charge >= 0.3 is 6.09 Å². The highest BCUT2D eigenvalue weighted by Gasteiger charge is 2.49. The standard InChI is InChI=1S/C15H27N3O5S/c1-4-7-16-14-17-10-12(20)11(19)9(23-13(10)24-14)8-22-15(21)18(5-2)6-3/h9-13,19-20H,4-8H2,1-3H3,(H,16,17)/t9-,10-,11-,12-,13-/m1/s1. The summed E-state index contributed by atoms with van der Waals surface area (Å²) in [5.41, 5.74) is -0.365. The number of aliphatic hydroxyl groups is 2. The zero-order chi connectivity index (χ0) is 17.7. The molecule has 0 spiro atoms. The van der Waals surface area contributed by atoms with Gasteiger partial charge in [-0.15, -0.1) is 0 Å². The number of nitrogens with zero attached hydrogens (tertiary/aromatic N) is 2. The van der Waals surface area contributed by atoms with E-state index in [0.29, 0.717) is 24.8 Å². The number of aliphatic imine (C=N–C) groups is 1. The van der Waals surface area contributed by atoms with Gasteiger partial charge in [0.1, 0.15) is 30.4 Å². The van der Waals surface area contributed by atoms with Crippen LogP contribution in [0, 0.1) is 0 Å². The first kappa shape index (κ1) is 19.3. The van der Waals surface area contributed by atoms with Crippen LogP contribution in [0.2, 0.25) is 0 Å². The molecule has 5 atom stereocenters. The van der Waals surface area contributed by atoms with Crippen LogP contribution in [0.1, 0.15) is 27.2 Å². The lowest BCUT2D eigenvalue weighted by molar-refractivity contribution is -0.168. The highest BCUT2D eigenvalue weighted by molar-refractivity contribution is 8.14. The topological polar surface area (TPSA) is 104 Å². The summed E-state index contributed by atoms with van der Waals surface area (Å²) in [4.78, 5) is 17.8. The lowest BCUT2D eigenvalue weighted by atomic mass is 9.98. The average molecular weight is 361 g/mol. The van der Waals surface area contributed by atoms with Gasteiger partial charge in [-0.2, -0.15) is 0 Å². The molecule has 9 heteroatoms. The fraction of sp³-hybridized carbons (Fsp3) is 0.867. The van der Waals surface area contributed by atoms with E-state index in [-0.39, 0.29) is 12.0 Å². The van der Waals surface area contributed by atoms with Crippen molar-refractivity contribution in [3.8, 4) is 0 Å². The smallest absolute Gasteiger partial charge is 0.409 e. The van der Waals surface area contributed by atoms with Gasteiger partial charge in [0.2, 0.25) is 0 Å². The molecule has 2 aliphatic rings. The van der Waals surface area contributed by atoms with Crippen molar-refractivity contribution in [3.05, 3.63) is 0 Å². The molecule has 8 nitrogen and oxygen atoms in total. The molecule has 2 saturated heterocycles. The molecular formula is C15H27N3O5S. The third-order valence-electron chi connectivity index (χ3n) is 4.09. The molecule has 0 aromatic heterocycles. The fourth-order valence-corrected chi connectivity index (χ4v) is 3.80. The predicted octanol–water partition coefficient (Wildman–Crippen LogP) is 0.382. The first-order valence-corrected chi connectivity index (χ1v) is 9.30. The first-order chi connectivity index (χ1) is 11.5. The summed E-state index contributed by atoms with van der Waals surface area (Å²) >= 11 is 1.39. The molecule has 0 bridgehead atoms. The second kappa shape index (κ2) is 8.89. The van der Waals surface area contributed by atoms with Gasteiger partial charge in [-0.25, -0.2) is 4.79 Å². The number of rotatable bonds is 6. The highest BCUT2D eigenvalue weighted by atomic mass is 32.2. The predicted molar refractivity (Wildman–Crippen MR) is 92.1 cm³/mol. The van der Waals surface area contributed by atoms with Gasteiger partial charge in [-0.3, -0.25) is 4.99 Å². The zero-order valence-electron chi connectivity index (χ0n) is 14.3. The van der Waals surface area contributed by atoms with Gasteiger partial charge in [0.05, 0.1) is 6.04 Å². The quantitative estimate of drug-likeness (QED) is 0.628. The third kappa shape index (κ3) is 4.33. The average Bonchev–Trinajstić information content (AvgIpc) is 2.99. The monoisotopic (exact) mass is 361 g/mol. The number of hydrogen-bond acceptors (Lipinski definition) is 7. The number of amides is 1. The minimum atomic E-state index is -1.13. The van der Waals surface area contributed by atoms with Crippen molar-refractivity contribution in [1.29, 1.82) is 0 Å². The molecular weight excluding hydrogens is 334 g/mol. The number of amidine groups is 1. The van der Waals surface area contributed by atoms with Gasteiger partial charge in [-0.1, -0.05) is 18.7 Å². The Morgan fingerprint density at radius 1 is 1.33 bits per heavy atom. The molecule has 0 saturated carbocycles. The molecule has 24 heavy (non-hydrogen) atoms. The molecule has 0 unspecified atom stereocenters. The van der Waals surface area contributed by atoms with Gasteiger partial charge in [0.15, 0.2) is 5.17 Å². The van der Waals surface area contributed by atoms with Crippen molar-refractivity contribution in [2.75, 3.05) is 26.2 Å². The van der Waals surface area contributed by atoms with Crippen molar-refractivity contribution >= 4 is 23.0 Å². The summed E-state index contributed by atoms with van der Waals surface area (Å²) in [6.07, 6.45) is -2.43. The molecule has 0 aromatic rings. The van der Waals surface area contributed by atoms with Crippen molar-refractivity contribution in [1.82, 2.24) is 10.2 Å². The van der Waals surface area contributed by atoms with Crippen molar-refractivity contribution < 1.29 is 24.5 Å². The fourth-order valence-electron chi connectivity index (χ4n) is 2.63. The van der Waals surface area contributed by atoms with Gasteiger partial charge in [0.25, 0.3) is 0 Å². The van der Waals surface area contributed by atoms with Crippen LogP contribution >= 0.6 is 11.8 Å². The lowest BCUT2D eigenvalue weighted by Crippen LogP contribution is -2.60. The minimum absolute atomic E-state index is 0.0984. The Bertz CT molecular complexity index is 460. The first-order valence-electron chi connectivity index (χ1n) is 8.42. The van der Waals surface area contributed by atoms with Crippen LogP contribution in [-0.2, 0) is 9.47 Å². The summed E-state index contributed by atoms with van der Waals surface area (Å²) in [5, 5.41) is 24.4. The Labute approximate surface area is 146 Å². The minimum Gasteiger partial charge on any atom is -0.447 e. The SMILES string of the molecule is CCCN=C1N[C@@H]2[C@@H](O)[C@H](O)[C@@H](COC(=O)N(CC)CC)O[C@@H]2S1. The number of aliphatic hydroxyl groups excluding tert-OH is 2. The summed E-state index contributed by atoms with van der Waals surface area (Å²) in [6, 6.07) is -0.421. The van der Waals surface area contributed by atoms with E-state index in [1.54, 1.807) is 0 Å². The molecule has 2 rings (SSSR count). The number of fused-ring (bicyclic) bond motifs is 1. The molecule has 2 fully saturated rings. The number of hydrogen-bond donors (Lipinski definition) is 3. The molecule has 0 radical (unpaired) electrons. The number of nitrogens with one attached hydrogen (secondary N) is 1. The van der Waals surface area contributed by atoms with E-state index in [0.717, 1.165) is 6.42 Å². The molecule has 138 valence electrons. The Balaban J connectivity index is 1.93. The normalized spacial score (nSPS) is 33.9. The Kier molecular flexibility index (Phi) is 7.15. The number of carbonyl (C=O) groups is 1. The van der Waals surface area contributed by atoms with Crippen LogP contribution in [0.15, 0.2) is 4.99 Å². The highest BCUT2D eigenvalue weighted by Crippen LogP contribution is 2.34. The lowest BCUT2D eigenvalue weighted by Gasteiger charge is -2.38. The maximum Gasteiger partial charge on any atom is 0.409 e. The second-order valence-corrected chi connectivity index (χ2v) is 6.84. The molecule has 1 amide bonds. The maximum absolute atomic E-state index is 11.9. The van der Waals surface area contributed by atoms with E-state index in [4.69, 9.17) is 9.47 Å². The summed E-state index contributed by atoms with van der Waals surface area (Å²) in [7, 11) is 0. The molecule has 0 aliphatic carbocycles. The summed E-state index contributed by atoms with van der Waals surface area (Å²) in [5.74, 6) is 0. The Hall–Kier alpha value is -1.03. The van der Waals surface area contributed by atoms with E-state index in [1.165, 1.54) is 16.7 Å². The van der Waals surface area contributed by atoms with Crippen LogP contribution in [0.3, 0.4) is 0 Å². The second-order valence-electron chi connectivity index (χ2n) is 5.75. The van der Waals surface area contributed by atoms with E-state index < -0.39 is 30.4 Å². The van der Waals surface area contributed by atoms with Crippen LogP contribution in [0.4, 0.5) is 4.79 Å². The molecule has 3 N–H and O–H groups in total. The zero-order valence-corrected chi connectivity index (χ0v) is 15.2. The maximum atomic E-state index is 11.9. The van der Waals surface area contributed by atoms with Crippen molar-refractivity contribution in [2.24, 2.45) is 4.99 Å². The van der Waals surface area contributed by atoms with Crippen molar-refractivity contribution in [2.45, 2.75) is 57.0 Å². The number of ether oxygens (including phenoxy) is 2. The van der Waals surface area contributed by atoms with Gasteiger partial charge in [-0.05, 0) is 20.3 Å². The Morgan fingerprint density at radius 2 is 2.04 bits per heavy atom.